The summed E-state index contributed by atoms with van der Waals surface area (Å²) in [6, 6.07) is 1.34. The maximum Gasteiger partial charge on any atom is 0.259 e. The maximum atomic E-state index is 11.8. The zero-order chi connectivity index (χ0) is 11.1. The van der Waals surface area contributed by atoms with Crippen molar-refractivity contribution in [2.45, 2.75) is 12.5 Å². The van der Waals surface area contributed by atoms with Gasteiger partial charge in [0.2, 0.25) is 0 Å². The summed E-state index contributed by atoms with van der Waals surface area (Å²) in [6.45, 7) is 2.88. The Kier molecular flexibility index (Phi) is 2.12. The highest BCUT2D eigenvalue weighted by Crippen LogP contribution is 2.18. The number of rotatable bonds is 1. The molecule has 0 radical (unpaired) electrons. The molecule has 0 aromatic carbocycles. The highest BCUT2D eigenvalue weighted by atomic mass is 16.2. The van der Waals surface area contributed by atoms with Gasteiger partial charge < -0.3 is 15.6 Å². The Hall–Kier alpha value is -1.62. The fraction of sp³-hybridized carbons (Fsp3) is 0.400. The minimum absolute atomic E-state index is 0.174. The molecule has 0 saturated carbocycles. The molecule has 1 aromatic heterocycles. The fourth-order valence-corrected chi connectivity index (χ4v) is 1.72. The highest BCUT2D eigenvalue weighted by Gasteiger charge is 2.38. The molecular formula is C10H13N3O2. The Morgan fingerprint density at radius 2 is 2.27 bits per heavy atom. The second-order valence-corrected chi connectivity index (χ2v) is 4.24. The Bertz CT molecular complexity index is 442. The highest BCUT2D eigenvalue weighted by molar-refractivity contribution is 5.94. The summed E-state index contributed by atoms with van der Waals surface area (Å²) in [5.41, 5.74) is 5.39. The van der Waals surface area contributed by atoms with Gasteiger partial charge in [-0.25, -0.2) is 0 Å². The maximum absolute atomic E-state index is 11.8. The molecule has 15 heavy (non-hydrogen) atoms. The number of H-pyrrole nitrogens is 1. The van der Waals surface area contributed by atoms with Crippen LogP contribution in [0.1, 0.15) is 17.3 Å². The van der Waals surface area contributed by atoms with E-state index in [0.717, 1.165) is 0 Å². The number of aromatic amines is 1. The van der Waals surface area contributed by atoms with Crippen LogP contribution in [0.4, 0.5) is 0 Å². The number of likely N-dealkylation sites (tertiary alicyclic amines) is 1. The fourth-order valence-electron chi connectivity index (χ4n) is 1.72. The SMILES string of the molecule is CC1(N)CN(C(=O)c2c[nH]ccc2=O)C1. The number of carbonyl (C=O) groups excluding carboxylic acids is 1. The molecule has 5 heteroatoms. The average Bonchev–Trinajstić information content (AvgIpc) is 2.14. The van der Waals surface area contributed by atoms with Crippen LogP contribution in [0.2, 0.25) is 0 Å². The molecule has 2 rings (SSSR count). The molecule has 1 aliphatic heterocycles. The third-order valence-corrected chi connectivity index (χ3v) is 2.45. The largest absolute Gasteiger partial charge is 0.367 e. The van der Waals surface area contributed by atoms with Crippen molar-refractivity contribution in [2.24, 2.45) is 5.73 Å². The topological polar surface area (TPSA) is 79.2 Å². The zero-order valence-corrected chi connectivity index (χ0v) is 8.49. The van der Waals surface area contributed by atoms with Crippen molar-refractivity contribution in [3.63, 3.8) is 0 Å². The van der Waals surface area contributed by atoms with Crippen molar-refractivity contribution in [3.8, 4) is 0 Å². The molecule has 0 aliphatic carbocycles. The van der Waals surface area contributed by atoms with Gasteiger partial charge in [0.05, 0.1) is 0 Å². The van der Waals surface area contributed by atoms with E-state index in [1.54, 1.807) is 4.90 Å². The van der Waals surface area contributed by atoms with Crippen molar-refractivity contribution < 1.29 is 4.79 Å². The normalized spacial score (nSPS) is 18.4. The molecule has 5 nitrogen and oxygen atoms in total. The van der Waals surface area contributed by atoms with E-state index in [2.05, 4.69) is 4.98 Å². The molecule has 0 atom stereocenters. The van der Waals surface area contributed by atoms with E-state index < -0.39 is 0 Å². The third-order valence-electron chi connectivity index (χ3n) is 2.45. The monoisotopic (exact) mass is 207 g/mol. The lowest BCUT2D eigenvalue weighted by molar-refractivity contribution is 0.0452. The van der Waals surface area contributed by atoms with Crippen molar-refractivity contribution >= 4 is 5.91 Å². The predicted octanol–water partition coefficient (Wildman–Crippen LogP) is -0.452. The number of nitrogens with one attached hydrogen (secondary N) is 1. The second-order valence-electron chi connectivity index (χ2n) is 4.24. The molecule has 1 saturated heterocycles. The Labute approximate surface area is 86.9 Å². The molecule has 0 unspecified atom stereocenters. The number of hydrogen-bond acceptors (Lipinski definition) is 3. The van der Waals surface area contributed by atoms with E-state index in [9.17, 15) is 9.59 Å². The minimum atomic E-state index is -0.308. The van der Waals surface area contributed by atoms with E-state index in [0.29, 0.717) is 13.1 Å². The van der Waals surface area contributed by atoms with E-state index in [4.69, 9.17) is 5.73 Å². The number of nitrogens with two attached hydrogens (primary N) is 1. The van der Waals surface area contributed by atoms with Crippen LogP contribution in [-0.4, -0.2) is 34.4 Å². The van der Waals surface area contributed by atoms with Gasteiger partial charge in [-0.2, -0.15) is 0 Å². The molecule has 1 aromatic rings. The van der Waals surface area contributed by atoms with Gasteiger partial charge in [-0.05, 0) is 6.92 Å². The van der Waals surface area contributed by atoms with Crippen LogP contribution in [0.15, 0.2) is 23.3 Å². The van der Waals surface area contributed by atoms with Crippen LogP contribution in [0, 0.1) is 0 Å². The summed E-state index contributed by atoms with van der Waals surface area (Å²) in [5, 5.41) is 0. The summed E-state index contributed by atoms with van der Waals surface area (Å²) in [6.07, 6.45) is 2.93. The molecule has 0 spiro atoms. The van der Waals surface area contributed by atoms with Gasteiger partial charge >= 0.3 is 0 Å². The average molecular weight is 207 g/mol. The Morgan fingerprint density at radius 3 is 2.80 bits per heavy atom. The molecule has 3 N–H and O–H groups in total. The molecule has 1 fully saturated rings. The first kappa shape index (κ1) is 9.92. The number of hydrogen-bond donors (Lipinski definition) is 2. The smallest absolute Gasteiger partial charge is 0.259 e. The first-order chi connectivity index (χ1) is 6.99. The number of nitrogens with zero attached hydrogens (tertiary/aromatic N) is 1. The molecular weight excluding hydrogens is 194 g/mol. The molecule has 2 heterocycles. The van der Waals surface area contributed by atoms with E-state index in [1.165, 1.54) is 18.5 Å². The van der Waals surface area contributed by atoms with Crippen LogP contribution < -0.4 is 11.2 Å². The van der Waals surface area contributed by atoms with Gasteiger partial charge in [-0.1, -0.05) is 0 Å². The summed E-state index contributed by atoms with van der Waals surface area (Å²) in [4.78, 5) is 27.5. The van der Waals surface area contributed by atoms with Gasteiger partial charge in [-0.3, -0.25) is 9.59 Å². The van der Waals surface area contributed by atoms with E-state index in [-0.39, 0.29) is 22.4 Å². The van der Waals surface area contributed by atoms with Crippen LogP contribution >= 0.6 is 0 Å². The van der Waals surface area contributed by atoms with Gasteiger partial charge in [0.25, 0.3) is 5.91 Å². The number of pyridine rings is 1. The van der Waals surface area contributed by atoms with Crippen molar-refractivity contribution in [2.75, 3.05) is 13.1 Å². The van der Waals surface area contributed by atoms with Crippen molar-refractivity contribution in [3.05, 3.63) is 34.2 Å². The molecule has 80 valence electrons. The Morgan fingerprint density at radius 1 is 1.60 bits per heavy atom. The van der Waals surface area contributed by atoms with Gasteiger partial charge in [0.15, 0.2) is 5.43 Å². The van der Waals surface area contributed by atoms with E-state index in [1.807, 2.05) is 6.92 Å². The first-order valence-corrected chi connectivity index (χ1v) is 4.75. The lowest BCUT2D eigenvalue weighted by Gasteiger charge is -2.45. The molecule has 1 amide bonds. The first-order valence-electron chi connectivity index (χ1n) is 4.75. The molecule has 1 aliphatic rings. The minimum Gasteiger partial charge on any atom is -0.367 e. The standard InChI is InChI=1S/C10H13N3O2/c1-10(11)5-13(6-10)9(15)7-4-12-3-2-8(7)14/h2-4H,5-6,11H2,1H3,(H,12,14). The van der Waals surface area contributed by atoms with Crippen LogP contribution in [0.5, 0.6) is 0 Å². The predicted molar refractivity (Wildman–Crippen MR) is 55.6 cm³/mol. The van der Waals surface area contributed by atoms with E-state index >= 15 is 0 Å². The molecule has 0 bridgehead atoms. The van der Waals surface area contributed by atoms with Crippen LogP contribution in [0.3, 0.4) is 0 Å². The summed E-state index contributed by atoms with van der Waals surface area (Å²) in [7, 11) is 0. The van der Waals surface area contributed by atoms with Crippen LogP contribution in [-0.2, 0) is 0 Å². The second kappa shape index (κ2) is 3.20. The summed E-state index contributed by atoms with van der Waals surface area (Å²) in [5.74, 6) is -0.250. The zero-order valence-electron chi connectivity index (χ0n) is 8.49. The number of aromatic nitrogens is 1. The Balaban J connectivity index is 2.17. The van der Waals surface area contributed by atoms with Crippen LogP contribution in [0.25, 0.3) is 0 Å². The van der Waals surface area contributed by atoms with Gasteiger partial charge in [-0.15, -0.1) is 0 Å². The number of amides is 1. The van der Waals surface area contributed by atoms with Gasteiger partial charge in [0, 0.05) is 37.1 Å². The summed E-state index contributed by atoms with van der Waals surface area (Å²) >= 11 is 0. The quantitative estimate of drug-likeness (QED) is 0.654. The lowest BCUT2D eigenvalue weighted by atomic mass is 9.93. The number of carbonyl (C=O) groups is 1. The lowest BCUT2D eigenvalue weighted by Crippen LogP contribution is -2.67. The van der Waals surface area contributed by atoms with Gasteiger partial charge in [0.1, 0.15) is 5.56 Å². The van der Waals surface area contributed by atoms with Crippen molar-refractivity contribution in [1.29, 1.82) is 0 Å². The van der Waals surface area contributed by atoms with Crippen molar-refractivity contribution in [1.82, 2.24) is 9.88 Å². The third kappa shape index (κ3) is 1.78. The summed E-state index contributed by atoms with van der Waals surface area (Å²) < 4.78 is 0.